The summed E-state index contributed by atoms with van der Waals surface area (Å²) in [5.41, 5.74) is 0. The summed E-state index contributed by atoms with van der Waals surface area (Å²) >= 11 is 0. The van der Waals surface area contributed by atoms with Gasteiger partial charge in [-0.2, -0.15) is 0 Å². The van der Waals surface area contributed by atoms with E-state index in [0.29, 0.717) is 17.4 Å². The molecule has 0 aromatic rings. The number of carbonyl (C=O) groups is 2. The summed E-state index contributed by atoms with van der Waals surface area (Å²) in [6.45, 7) is 4.35. The van der Waals surface area contributed by atoms with Crippen molar-refractivity contribution in [2.75, 3.05) is 47.5 Å². The lowest BCUT2D eigenvalue weighted by Crippen LogP contribution is -2.37. The third-order valence-corrected chi connectivity index (χ3v) is 22.0. The standard InChI is InChI=1S/C89H176NO8P/c1-6-8-10-12-14-16-18-20-22-24-26-28-30-32-34-36-38-40-42-43-44-45-46-48-49-51-53-55-57-59-61-63-65-67-69-71-73-75-77-79-81-88(91)95-85-87(86-97-99(93,94)96-84-83-90(3,4)5)98-89(92)82-80-78-76-74-72-70-68-66-64-62-60-58-56-54-52-50-47-41-39-37-35-33-31-29-27-25-23-21-19-17-15-13-11-9-7-2/h25,27,87H,6-24,26,28-86H2,1-5H3/b27-25-. The lowest BCUT2D eigenvalue weighted by atomic mass is 10.0. The molecule has 0 fully saturated rings. The molecule has 10 heteroatoms. The molecule has 0 saturated carbocycles. The molecular weight excluding hydrogens is 1240 g/mol. The summed E-state index contributed by atoms with van der Waals surface area (Å²) in [6, 6.07) is 0. The lowest BCUT2D eigenvalue weighted by Gasteiger charge is -2.28. The summed E-state index contributed by atoms with van der Waals surface area (Å²) in [7, 11) is 1.20. The van der Waals surface area contributed by atoms with E-state index in [-0.39, 0.29) is 32.0 Å². The summed E-state index contributed by atoms with van der Waals surface area (Å²) in [6.07, 6.45) is 104. The number of nitrogens with zero attached hydrogens (tertiary/aromatic N) is 1. The van der Waals surface area contributed by atoms with Crippen molar-refractivity contribution in [2.45, 2.75) is 502 Å². The van der Waals surface area contributed by atoms with Gasteiger partial charge in [-0.3, -0.25) is 14.2 Å². The van der Waals surface area contributed by atoms with Crippen LogP contribution in [0, 0.1) is 0 Å². The first kappa shape index (κ1) is 97.8. The zero-order valence-corrected chi connectivity index (χ0v) is 68.6. The van der Waals surface area contributed by atoms with E-state index in [4.69, 9.17) is 18.5 Å². The van der Waals surface area contributed by atoms with Gasteiger partial charge in [0.15, 0.2) is 6.10 Å². The van der Waals surface area contributed by atoms with E-state index >= 15 is 0 Å². The normalized spacial score (nSPS) is 12.9. The summed E-state index contributed by atoms with van der Waals surface area (Å²) in [4.78, 5) is 38.2. The minimum absolute atomic E-state index is 0.0254. The molecule has 0 heterocycles. The van der Waals surface area contributed by atoms with Crippen molar-refractivity contribution >= 4 is 19.8 Å². The Labute approximate surface area is 619 Å². The number of quaternary nitrogens is 1. The van der Waals surface area contributed by atoms with Crippen molar-refractivity contribution in [3.05, 3.63) is 12.2 Å². The molecule has 9 nitrogen and oxygen atoms in total. The molecule has 0 aliphatic heterocycles. The van der Waals surface area contributed by atoms with Crippen molar-refractivity contribution in [3.63, 3.8) is 0 Å². The second-order valence-corrected chi connectivity index (χ2v) is 33.7. The van der Waals surface area contributed by atoms with Crippen LogP contribution in [0.1, 0.15) is 495 Å². The van der Waals surface area contributed by atoms with Gasteiger partial charge in [0, 0.05) is 12.8 Å². The smallest absolute Gasteiger partial charge is 0.306 e. The van der Waals surface area contributed by atoms with Crippen LogP contribution >= 0.6 is 7.82 Å². The van der Waals surface area contributed by atoms with Crippen LogP contribution < -0.4 is 4.89 Å². The van der Waals surface area contributed by atoms with Gasteiger partial charge in [0.05, 0.1) is 27.7 Å². The summed E-state index contributed by atoms with van der Waals surface area (Å²) < 4.78 is 34.5. The number of hydrogen-bond acceptors (Lipinski definition) is 8. The number of phosphoric acid groups is 1. The maximum absolute atomic E-state index is 12.9. The molecule has 0 N–H and O–H groups in total. The topological polar surface area (TPSA) is 111 Å². The van der Waals surface area contributed by atoms with Gasteiger partial charge in [0.2, 0.25) is 0 Å². The third-order valence-electron chi connectivity index (χ3n) is 21.0. The molecule has 0 aromatic carbocycles. The van der Waals surface area contributed by atoms with E-state index in [2.05, 4.69) is 26.0 Å². The number of allylic oxidation sites excluding steroid dienone is 2. The van der Waals surface area contributed by atoms with Crippen molar-refractivity contribution in [1.29, 1.82) is 0 Å². The molecule has 0 aromatic heterocycles. The second-order valence-electron chi connectivity index (χ2n) is 32.3. The Bertz CT molecular complexity index is 1670. The molecule has 0 spiro atoms. The lowest BCUT2D eigenvalue weighted by molar-refractivity contribution is -0.870. The molecule has 590 valence electrons. The fourth-order valence-electron chi connectivity index (χ4n) is 14.2. The Morgan fingerprint density at radius 3 is 0.747 bits per heavy atom. The molecule has 2 unspecified atom stereocenters. The van der Waals surface area contributed by atoms with E-state index in [1.165, 1.54) is 430 Å². The van der Waals surface area contributed by atoms with Crippen LogP contribution in [0.4, 0.5) is 0 Å². The monoisotopic (exact) mass is 1420 g/mol. The number of unbranched alkanes of at least 4 members (excludes halogenated alkanes) is 70. The van der Waals surface area contributed by atoms with Crippen LogP contribution in [-0.2, 0) is 32.7 Å². The minimum Gasteiger partial charge on any atom is -0.756 e. The molecule has 0 saturated heterocycles. The maximum atomic E-state index is 12.9. The van der Waals surface area contributed by atoms with Crippen molar-refractivity contribution in [3.8, 4) is 0 Å². The molecule has 0 amide bonds. The maximum Gasteiger partial charge on any atom is 0.306 e. The first-order chi connectivity index (χ1) is 48.5. The third kappa shape index (κ3) is 85.6. The van der Waals surface area contributed by atoms with E-state index in [1.807, 2.05) is 21.1 Å². The van der Waals surface area contributed by atoms with E-state index in [9.17, 15) is 19.0 Å². The minimum atomic E-state index is -4.64. The Morgan fingerprint density at radius 1 is 0.303 bits per heavy atom. The van der Waals surface area contributed by atoms with Gasteiger partial charge in [-0.05, 0) is 38.5 Å². The molecule has 99 heavy (non-hydrogen) atoms. The number of phosphoric ester groups is 1. The van der Waals surface area contributed by atoms with Gasteiger partial charge in [-0.25, -0.2) is 0 Å². The molecular formula is C89H176NO8P. The predicted octanol–water partition coefficient (Wildman–Crippen LogP) is 29.5. The highest BCUT2D eigenvalue weighted by atomic mass is 31.2. The zero-order chi connectivity index (χ0) is 71.8. The Kier molecular flexibility index (Phi) is 79.8. The summed E-state index contributed by atoms with van der Waals surface area (Å²) in [5, 5.41) is 0. The average Bonchev–Trinajstić information content (AvgIpc) is 1.06. The van der Waals surface area contributed by atoms with Gasteiger partial charge in [-0.15, -0.1) is 0 Å². The van der Waals surface area contributed by atoms with Crippen LogP contribution in [0.3, 0.4) is 0 Å². The second kappa shape index (κ2) is 80.8. The Hall–Kier alpha value is -1.25. The van der Waals surface area contributed by atoms with Crippen LogP contribution in [0.25, 0.3) is 0 Å². The highest BCUT2D eigenvalue weighted by Crippen LogP contribution is 2.38. The average molecular weight is 1420 g/mol. The number of hydrogen-bond donors (Lipinski definition) is 0. The van der Waals surface area contributed by atoms with Crippen molar-refractivity contribution in [1.82, 2.24) is 0 Å². The predicted molar refractivity (Wildman–Crippen MR) is 430 cm³/mol. The molecule has 2 atom stereocenters. The van der Waals surface area contributed by atoms with Gasteiger partial charge in [0.25, 0.3) is 7.82 Å². The largest absolute Gasteiger partial charge is 0.756 e. The van der Waals surface area contributed by atoms with Crippen LogP contribution in [0.15, 0.2) is 12.2 Å². The van der Waals surface area contributed by atoms with Crippen LogP contribution in [0.5, 0.6) is 0 Å². The first-order valence-electron chi connectivity index (χ1n) is 44.9. The van der Waals surface area contributed by atoms with Crippen LogP contribution in [0.2, 0.25) is 0 Å². The summed E-state index contributed by atoms with van der Waals surface area (Å²) in [5.74, 6) is -0.800. The highest BCUT2D eigenvalue weighted by Gasteiger charge is 2.22. The Morgan fingerprint density at radius 2 is 0.515 bits per heavy atom. The van der Waals surface area contributed by atoms with Crippen LogP contribution in [-0.4, -0.2) is 70.0 Å². The zero-order valence-electron chi connectivity index (χ0n) is 67.8. The highest BCUT2D eigenvalue weighted by molar-refractivity contribution is 7.45. The quantitative estimate of drug-likeness (QED) is 0.0195. The Balaban J connectivity index is 3.82. The molecule has 0 rings (SSSR count). The molecule has 0 aliphatic carbocycles. The van der Waals surface area contributed by atoms with Crippen molar-refractivity contribution < 1.29 is 42.1 Å². The first-order valence-corrected chi connectivity index (χ1v) is 46.4. The number of ether oxygens (including phenoxy) is 2. The fourth-order valence-corrected chi connectivity index (χ4v) is 14.9. The number of esters is 2. The van der Waals surface area contributed by atoms with Gasteiger partial charge < -0.3 is 27.9 Å². The molecule has 0 radical (unpaired) electrons. The van der Waals surface area contributed by atoms with E-state index in [0.717, 1.165) is 32.1 Å². The van der Waals surface area contributed by atoms with Gasteiger partial charge in [0.1, 0.15) is 19.8 Å². The SMILES string of the molecule is CCCCCCCCCC/C=C\CCCCCCCCCCCCCCCCCCCCCCCCCC(=O)OC(COC(=O)CCCCCCCCCCCCCCCCCCCCCCCCCCCCCCCCCCCCCCCCCC)COP(=O)([O-])OCC[N+](C)(C)C. The van der Waals surface area contributed by atoms with Gasteiger partial charge in [-0.1, -0.05) is 456 Å². The van der Waals surface area contributed by atoms with Crippen molar-refractivity contribution in [2.24, 2.45) is 0 Å². The number of likely N-dealkylation sites (N-methyl/N-ethyl adjacent to an activating group) is 1. The van der Waals surface area contributed by atoms with Gasteiger partial charge >= 0.3 is 11.9 Å². The molecule has 0 aliphatic rings. The fraction of sp³-hybridized carbons (Fsp3) is 0.955. The molecule has 0 bridgehead atoms. The van der Waals surface area contributed by atoms with E-state index in [1.54, 1.807) is 0 Å². The number of carbonyl (C=O) groups excluding carboxylic acids is 2. The van der Waals surface area contributed by atoms with E-state index < -0.39 is 26.5 Å². The number of rotatable bonds is 86.